The number of piperazine rings is 1. The average Bonchev–Trinajstić information content (AvgIpc) is 2.79. The fourth-order valence-corrected chi connectivity index (χ4v) is 4.13. The highest BCUT2D eigenvalue weighted by Crippen LogP contribution is 2.26. The summed E-state index contributed by atoms with van der Waals surface area (Å²) in [5.41, 5.74) is -0.315. The zero-order valence-corrected chi connectivity index (χ0v) is 17.5. The smallest absolute Gasteiger partial charge is 0.341 e. The van der Waals surface area contributed by atoms with E-state index in [1.807, 2.05) is 54.4 Å². The Morgan fingerprint density at radius 3 is 2.47 bits per heavy atom. The Balaban J connectivity index is 1.77. The quantitative estimate of drug-likeness (QED) is 0.536. The highest BCUT2D eigenvalue weighted by molar-refractivity contribution is 5.93. The predicted octanol–water partition coefficient (Wildman–Crippen LogP) is 3.13. The molecule has 1 aliphatic rings. The first-order chi connectivity index (χ1) is 15.4. The van der Waals surface area contributed by atoms with Gasteiger partial charge in [0.1, 0.15) is 5.56 Å². The molecule has 0 spiro atoms. The summed E-state index contributed by atoms with van der Waals surface area (Å²) in [5.74, 6) is -1.83. The summed E-state index contributed by atoms with van der Waals surface area (Å²) in [6.45, 7) is 2.77. The first-order valence-corrected chi connectivity index (χ1v) is 10.3. The van der Waals surface area contributed by atoms with Crippen LogP contribution in [0.2, 0.25) is 0 Å². The molecule has 1 aliphatic heterocycles. The summed E-state index contributed by atoms with van der Waals surface area (Å²) in [7, 11) is 2.01. The van der Waals surface area contributed by atoms with E-state index >= 15 is 4.39 Å². The second-order valence-electron chi connectivity index (χ2n) is 8.03. The maximum absolute atomic E-state index is 15.0. The molecule has 7 nitrogen and oxygen atoms in total. The van der Waals surface area contributed by atoms with Crippen molar-refractivity contribution in [3.05, 3.63) is 76.3 Å². The number of nitrogens with zero attached hydrogens (tertiary/aromatic N) is 4. The van der Waals surface area contributed by atoms with Crippen LogP contribution in [0.1, 0.15) is 10.4 Å². The van der Waals surface area contributed by atoms with Gasteiger partial charge in [-0.05, 0) is 36.0 Å². The van der Waals surface area contributed by atoms with Crippen LogP contribution < -0.4 is 10.3 Å². The van der Waals surface area contributed by atoms with Crippen LogP contribution in [0.25, 0.3) is 27.5 Å². The van der Waals surface area contributed by atoms with E-state index in [9.17, 15) is 14.7 Å². The first kappa shape index (κ1) is 20.1. The molecule has 2 aromatic carbocycles. The topological polar surface area (TPSA) is 78.7 Å². The van der Waals surface area contributed by atoms with Crippen molar-refractivity contribution < 1.29 is 14.3 Å². The van der Waals surface area contributed by atoms with Crippen molar-refractivity contribution in [1.82, 2.24) is 14.5 Å². The molecule has 3 heterocycles. The van der Waals surface area contributed by atoms with Crippen molar-refractivity contribution in [3.63, 3.8) is 0 Å². The van der Waals surface area contributed by atoms with E-state index in [2.05, 4.69) is 9.88 Å². The van der Waals surface area contributed by atoms with Crippen LogP contribution in [-0.4, -0.2) is 58.8 Å². The maximum Gasteiger partial charge on any atom is 0.341 e. The molecule has 8 heteroatoms. The first-order valence-electron chi connectivity index (χ1n) is 10.3. The molecule has 2 aromatic heterocycles. The monoisotopic (exact) mass is 432 g/mol. The number of carbonyl (C=O) groups is 1. The number of benzene rings is 2. The molecular weight excluding hydrogens is 411 g/mol. The van der Waals surface area contributed by atoms with Gasteiger partial charge in [0.15, 0.2) is 17.3 Å². The van der Waals surface area contributed by atoms with Crippen molar-refractivity contribution >= 4 is 33.6 Å². The van der Waals surface area contributed by atoms with Crippen molar-refractivity contribution in [1.29, 1.82) is 0 Å². The number of anilines is 1. The van der Waals surface area contributed by atoms with Gasteiger partial charge in [0.05, 0.1) is 5.39 Å². The lowest BCUT2D eigenvalue weighted by Crippen LogP contribution is -2.45. The largest absolute Gasteiger partial charge is 0.477 e. The normalized spacial score (nSPS) is 14.9. The lowest BCUT2D eigenvalue weighted by atomic mass is 10.1. The summed E-state index contributed by atoms with van der Waals surface area (Å²) in [6.07, 6.45) is 1.27. The number of pyridine rings is 2. The molecule has 4 aromatic rings. The summed E-state index contributed by atoms with van der Waals surface area (Å²) < 4.78 is 16.6. The van der Waals surface area contributed by atoms with Crippen LogP contribution in [-0.2, 0) is 0 Å². The third-order valence-electron chi connectivity index (χ3n) is 5.96. The van der Waals surface area contributed by atoms with Crippen LogP contribution in [0.4, 0.5) is 10.2 Å². The molecule has 0 atom stereocenters. The number of halogens is 1. The number of fused-ring (bicyclic) bond motifs is 2. The van der Waals surface area contributed by atoms with Gasteiger partial charge in [-0.15, -0.1) is 0 Å². The van der Waals surface area contributed by atoms with E-state index in [4.69, 9.17) is 0 Å². The zero-order chi connectivity index (χ0) is 22.4. The molecule has 1 N–H and O–H groups in total. The molecule has 162 valence electrons. The zero-order valence-electron chi connectivity index (χ0n) is 17.5. The fourth-order valence-electron chi connectivity index (χ4n) is 4.13. The van der Waals surface area contributed by atoms with E-state index in [0.29, 0.717) is 18.8 Å². The molecule has 0 saturated carbocycles. The Hall–Kier alpha value is -3.78. The van der Waals surface area contributed by atoms with Crippen LogP contribution in [0.15, 0.2) is 59.5 Å². The van der Waals surface area contributed by atoms with Gasteiger partial charge >= 0.3 is 5.97 Å². The highest BCUT2D eigenvalue weighted by Gasteiger charge is 2.23. The van der Waals surface area contributed by atoms with Crippen molar-refractivity contribution in [2.45, 2.75) is 0 Å². The van der Waals surface area contributed by atoms with Gasteiger partial charge in [-0.2, -0.15) is 0 Å². The SMILES string of the molecule is CN1CCN(c2nc3c(cc2F)c(=O)c(C(=O)O)cn3-c2ccc3ccccc3c2)CC1. The molecule has 0 bridgehead atoms. The maximum atomic E-state index is 15.0. The number of rotatable bonds is 3. The van der Waals surface area contributed by atoms with Gasteiger partial charge in [-0.25, -0.2) is 14.2 Å². The molecule has 0 amide bonds. The minimum atomic E-state index is -1.37. The van der Waals surface area contributed by atoms with Gasteiger partial charge < -0.3 is 19.5 Å². The third-order valence-corrected chi connectivity index (χ3v) is 5.96. The third kappa shape index (κ3) is 3.38. The summed E-state index contributed by atoms with van der Waals surface area (Å²) >= 11 is 0. The van der Waals surface area contributed by atoms with Crippen molar-refractivity contribution in [2.75, 3.05) is 38.1 Å². The lowest BCUT2D eigenvalue weighted by Gasteiger charge is -2.33. The molecule has 0 aliphatic carbocycles. The van der Waals surface area contributed by atoms with E-state index < -0.39 is 22.8 Å². The van der Waals surface area contributed by atoms with Crippen molar-refractivity contribution in [2.24, 2.45) is 0 Å². The Morgan fingerprint density at radius 1 is 1.03 bits per heavy atom. The fraction of sp³-hybridized carbons (Fsp3) is 0.208. The van der Waals surface area contributed by atoms with Crippen molar-refractivity contribution in [3.8, 4) is 5.69 Å². The van der Waals surface area contributed by atoms with E-state index in [1.165, 1.54) is 6.20 Å². The van der Waals surface area contributed by atoms with Crippen LogP contribution >= 0.6 is 0 Å². The molecule has 32 heavy (non-hydrogen) atoms. The number of carboxylic acid groups (broad SMARTS) is 1. The van der Waals surface area contributed by atoms with Crippen LogP contribution in [0.5, 0.6) is 0 Å². The molecular formula is C24H21FN4O3. The summed E-state index contributed by atoms with van der Waals surface area (Å²) in [5, 5.41) is 11.5. The van der Waals surface area contributed by atoms with E-state index in [1.54, 1.807) is 4.57 Å². The molecule has 0 radical (unpaired) electrons. The Morgan fingerprint density at radius 2 is 1.75 bits per heavy atom. The van der Waals surface area contributed by atoms with Crippen LogP contribution in [0, 0.1) is 5.82 Å². The number of carboxylic acids is 1. The highest BCUT2D eigenvalue weighted by atomic mass is 19.1. The van der Waals surface area contributed by atoms with Gasteiger partial charge in [-0.1, -0.05) is 30.3 Å². The predicted molar refractivity (Wildman–Crippen MR) is 121 cm³/mol. The average molecular weight is 432 g/mol. The molecule has 1 saturated heterocycles. The Labute approximate surface area is 182 Å². The molecule has 0 unspecified atom stereocenters. The van der Waals surface area contributed by atoms with E-state index in [-0.39, 0.29) is 16.9 Å². The molecule has 5 rings (SSSR count). The standard InChI is InChI=1S/C24H21FN4O3/c1-27-8-10-28(11-9-27)23-20(25)13-18-21(30)19(24(31)32)14-29(22(18)26-23)17-7-6-15-4-2-3-5-16(15)12-17/h2-7,12-14H,8-11H2,1H3,(H,31,32). The second-order valence-corrected chi connectivity index (χ2v) is 8.03. The van der Waals surface area contributed by atoms with Gasteiger partial charge in [0.2, 0.25) is 5.43 Å². The second kappa shape index (κ2) is 7.72. The lowest BCUT2D eigenvalue weighted by molar-refractivity contribution is 0.0695. The number of hydrogen-bond acceptors (Lipinski definition) is 5. The van der Waals surface area contributed by atoms with Crippen LogP contribution in [0.3, 0.4) is 0 Å². The van der Waals surface area contributed by atoms with Gasteiger partial charge in [0.25, 0.3) is 0 Å². The summed E-state index contributed by atoms with van der Waals surface area (Å²) in [4.78, 5) is 33.1. The van der Waals surface area contributed by atoms with Gasteiger partial charge in [0, 0.05) is 38.1 Å². The Kier molecular flexibility index (Phi) is 4.86. The number of aromatic carboxylic acids is 1. The summed E-state index contributed by atoms with van der Waals surface area (Å²) in [6, 6.07) is 14.5. The van der Waals surface area contributed by atoms with E-state index in [0.717, 1.165) is 29.9 Å². The number of hydrogen-bond donors (Lipinski definition) is 1. The minimum absolute atomic E-state index is 0.0616. The number of likely N-dealkylation sites (N-methyl/N-ethyl adjacent to an activating group) is 1. The number of aromatic nitrogens is 2. The Bertz CT molecular complexity index is 1420. The molecule has 1 fully saturated rings. The van der Waals surface area contributed by atoms with Gasteiger partial charge in [-0.3, -0.25) is 4.79 Å². The minimum Gasteiger partial charge on any atom is -0.477 e.